The van der Waals surface area contributed by atoms with Crippen molar-refractivity contribution in [2.75, 3.05) is 6.54 Å². The largest absolute Gasteiger partial charge is 0.392 e. The van der Waals surface area contributed by atoms with Crippen LogP contribution in [0.1, 0.15) is 60.3 Å². The SMILES string of the molecule is CC(C)(C)CC(O)CNC1CCCC1(C)C. The van der Waals surface area contributed by atoms with E-state index in [1.807, 2.05) is 0 Å². The van der Waals surface area contributed by atoms with Gasteiger partial charge < -0.3 is 10.4 Å². The van der Waals surface area contributed by atoms with E-state index in [0.29, 0.717) is 11.5 Å². The molecule has 2 atom stereocenters. The Morgan fingerprint density at radius 3 is 2.44 bits per heavy atom. The summed E-state index contributed by atoms with van der Waals surface area (Å²) >= 11 is 0. The first kappa shape index (κ1) is 14.0. The lowest BCUT2D eigenvalue weighted by Crippen LogP contribution is -2.42. The van der Waals surface area contributed by atoms with Crippen LogP contribution in [0.15, 0.2) is 0 Å². The van der Waals surface area contributed by atoms with Crippen LogP contribution in [0.2, 0.25) is 0 Å². The Labute approximate surface area is 101 Å². The summed E-state index contributed by atoms with van der Waals surface area (Å²) in [6.45, 7) is 11.9. The van der Waals surface area contributed by atoms with Crippen LogP contribution in [-0.4, -0.2) is 23.8 Å². The van der Waals surface area contributed by atoms with Gasteiger partial charge in [-0.15, -0.1) is 0 Å². The lowest BCUT2D eigenvalue weighted by molar-refractivity contribution is 0.110. The fourth-order valence-corrected chi connectivity index (χ4v) is 2.76. The van der Waals surface area contributed by atoms with Crippen molar-refractivity contribution >= 4 is 0 Å². The third kappa shape index (κ3) is 4.42. The smallest absolute Gasteiger partial charge is 0.0669 e. The fraction of sp³-hybridized carbons (Fsp3) is 1.00. The van der Waals surface area contributed by atoms with Crippen molar-refractivity contribution in [2.45, 2.75) is 72.4 Å². The second-order valence-electron chi connectivity index (χ2n) is 7.26. The Hall–Kier alpha value is -0.0800. The topological polar surface area (TPSA) is 32.3 Å². The van der Waals surface area contributed by atoms with Gasteiger partial charge in [-0.05, 0) is 30.1 Å². The predicted octanol–water partition coefficient (Wildman–Crippen LogP) is 2.95. The third-order valence-corrected chi connectivity index (χ3v) is 3.71. The van der Waals surface area contributed by atoms with Crippen LogP contribution in [0.4, 0.5) is 0 Å². The molecule has 1 fully saturated rings. The summed E-state index contributed by atoms with van der Waals surface area (Å²) in [5.74, 6) is 0. The quantitative estimate of drug-likeness (QED) is 0.774. The Kier molecular flexibility index (Phi) is 4.42. The number of hydrogen-bond acceptors (Lipinski definition) is 2. The second-order valence-corrected chi connectivity index (χ2v) is 7.26. The minimum atomic E-state index is -0.212. The molecule has 1 aliphatic carbocycles. The number of nitrogens with one attached hydrogen (secondary N) is 1. The van der Waals surface area contributed by atoms with Gasteiger partial charge in [0, 0.05) is 12.6 Å². The number of rotatable bonds is 4. The van der Waals surface area contributed by atoms with Gasteiger partial charge in [0.15, 0.2) is 0 Å². The molecule has 16 heavy (non-hydrogen) atoms. The summed E-state index contributed by atoms with van der Waals surface area (Å²) in [4.78, 5) is 0. The maximum atomic E-state index is 9.95. The molecule has 0 aromatic rings. The summed E-state index contributed by atoms with van der Waals surface area (Å²) in [6, 6.07) is 0.585. The monoisotopic (exact) mass is 227 g/mol. The maximum Gasteiger partial charge on any atom is 0.0669 e. The Balaban J connectivity index is 2.29. The molecule has 0 amide bonds. The molecule has 2 nitrogen and oxygen atoms in total. The van der Waals surface area contributed by atoms with E-state index in [-0.39, 0.29) is 11.5 Å². The number of aliphatic hydroxyl groups excluding tert-OH is 1. The van der Waals surface area contributed by atoms with Crippen LogP contribution < -0.4 is 5.32 Å². The Bertz CT molecular complexity index is 217. The van der Waals surface area contributed by atoms with E-state index in [9.17, 15) is 5.11 Å². The first-order chi connectivity index (χ1) is 7.21. The highest BCUT2D eigenvalue weighted by atomic mass is 16.3. The van der Waals surface area contributed by atoms with Gasteiger partial charge in [0.05, 0.1) is 6.10 Å². The standard InChI is InChI=1S/C14H29NO/c1-13(2,3)9-11(16)10-15-12-7-6-8-14(12,4)5/h11-12,15-16H,6-10H2,1-5H3. The highest BCUT2D eigenvalue weighted by molar-refractivity contribution is 4.90. The maximum absolute atomic E-state index is 9.95. The van der Waals surface area contributed by atoms with Crippen molar-refractivity contribution in [3.05, 3.63) is 0 Å². The van der Waals surface area contributed by atoms with Crippen LogP contribution in [0.25, 0.3) is 0 Å². The van der Waals surface area contributed by atoms with Gasteiger partial charge in [0.25, 0.3) is 0 Å². The van der Waals surface area contributed by atoms with E-state index >= 15 is 0 Å². The van der Waals surface area contributed by atoms with Crippen molar-refractivity contribution in [1.29, 1.82) is 0 Å². The van der Waals surface area contributed by atoms with Gasteiger partial charge in [-0.2, -0.15) is 0 Å². The van der Waals surface area contributed by atoms with Crippen LogP contribution in [-0.2, 0) is 0 Å². The molecule has 96 valence electrons. The number of aliphatic hydroxyl groups is 1. The molecule has 0 bridgehead atoms. The zero-order chi connectivity index (χ0) is 12.4. The van der Waals surface area contributed by atoms with E-state index in [2.05, 4.69) is 39.9 Å². The molecule has 2 heteroatoms. The summed E-state index contributed by atoms with van der Waals surface area (Å²) in [7, 11) is 0. The molecule has 0 aromatic carbocycles. The van der Waals surface area contributed by atoms with Gasteiger partial charge in [-0.3, -0.25) is 0 Å². The first-order valence-corrected chi connectivity index (χ1v) is 6.62. The summed E-state index contributed by atoms with van der Waals surface area (Å²) in [6.07, 6.45) is 4.54. The van der Waals surface area contributed by atoms with E-state index < -0.39 is 0 Å². The van der Waals surface area contributed by atoms with Gasteiger partial charge in [0.1, 0.15) is 0 Å². The lowest BCUT2D eigenvalue weighted by Gasteiger charge is -2.30. The average molecular weight is 227 g/mol. The van der Waals surface area contributed by atoms with Gasteiger partial charge >= 0.3 is 0 Å². The highest BCUT2D eigenvalue weighted by Crippen LogP contribution is 2.37. The summed E-state index contributed by atoms with van der Waals surface area (Å²) in [5, 5.41) is 13.5. The molecule has 0 radical (unpaired) electrons. The Morgan fingerprint density at radius 2 is 2.00 bits per heavy atom. The molecule has 1 saturated carbocycles. The van der Waals surface area contributed by atoms with E-state index in [4.69, 9.17) is 0 Å². The lowest BCUT2D eigenvalue weighted by atomic mass is 9.86. The molecular weight excluding hydrogens is 198 g/mol. The van der Waals surface area contributed by atoms with Crippen molar-refractivity contribution in [3.63, 3.8) is 0 Å². The third-order valence-electron chi connectivity index (χ3n) is 3.71. The van der Waals surface area contributed by atoms with Crippen molar-refractivity contribution in [2.24, 2.45) is 10.8 Å². The van der Waals surface area contributed by atoms with Crippen molar-refractivity contribution in [3.8, 4) is 0 Å². The zero-order valence-electron chi connectivity index (χ0n) is 11.6. The van der Waals surface area contributed by atoms with Crippen LogP contribution in [0.3, 0.4) is 0 Å². The van der Waals surface area contributed by atoms with Crippen LogP contribution in [0, 0.1) is 10.8 Å². The van der Waals surface area contributed by atoms with Crippen LogP contribution >= 0.6 is 0 Å². The molecule has 0 saturated heterocycles. The fourth-order valence-electron chi connectivity index (χ4n) is 2.76. The first-order valence-electron chi connectivity index (χ1n) is 6.62. The number of hydrogen-bond donors (Lipinski definition) is 2. The molecule has 0 aromatic heterocycles. The minimum absolute atomic E-state index is 0.212. The predicted molar refractivity (Wildman–Crippen MR) is 69.5 cm³/mol. The van der Waals surface area contributed by atoms with Gasteiger partial charge in [0.2, 0.25) is 0 Å². The van der Waals surface area contributed by atoms with E-state index in [1.165, 1.54) is 19.3 Å². The molecule has 1 rings (SSSR count). The van der Waals surface area contributed by atoms with Crippen molar-refractivity contribution < 1.29 is 5.11 Å². The Morgan fingerprint density at radius 1 is 1.38 bits per heavy atom. The molecule has 0 heterocycles. The van der Waals surface area contributed by atoms with E-state index in [1.54, 1.807) is 0 Å². The second kappa shape index (κ2) is 5.05. The molecule has 0 aliphatic heterocycles. The zero-order valence-corrected chi connectivity index (χ0v) is 11.6. The van der Waals surface area contributed by atoms with Gasteiger partial charge in [-0.1, -0.05) is 41.0 Å². The molecule has 0 spiro atoms. The normalized spacial score (nSPS) is 27.0. The molecule has 1 aliphatic rings. The minimum Gasteiger partial charge on any atom is -0.392 e. The summed E-state index contributed by atoms with van der Waals surface area (Å²) in [5.41, 5.74) is 0.619. The molecule has 2 unspecified atom stereocenters. The summed E-state index contributed by atoms with van der Waals surface area (Å²) < 4.78 is 0. The molecule has 2 N–H and O–H groups in total. The van der Waals surface area contributed by atoms with Gasteiger partial charge in [-0.25, -0.2) is 0 Å². The highest BCUT2D eigenvalue weighted by Gasteiger charge is 2.34. The molecular formula is C14H29NO. The van der Waals surface area contributed by atoms with Crippen molar-refractivity contribution in [1.82, 2.24) is 5.32 Å². The van der Waals surface area contributed by atoms with Crippen LogP contribution in [0.5, 0.6) is 0 Å². The van der Waals surface area contributed by atoms with E-state index in [0.717, 1.165) is 13.0 Å². The average Bonchev–Trinajstić information content (AvgIpc) is 2.38.